The van der Waals surface area contributed by atoms with Crippen molar-refractivity contribution in [3.8, 4) is 33.8 Å². The second-order valence-electron chi connectivity index (χ2n) is 9.37. The van der Waals surface area contributed by atoms with Crippen LogP contribution in [-0.2, 0) is 4.74 Å². The summed E-state index contributed by atoms with van der Waals surface area (Å²) in [5.74, 6) is -1.06. The van der Waals surface area contributed by atoms with E-state index in [-0.39, 0.29) is 17.6 Å². The molecule has 1 saturated heterocycles. The first kappa shape index (κ1) is 26.2. The lowest BCUT2D eigenvalue weighted by molar-refractivity contribution is -0.105. The van der Waals surface area contributed by atoms with Crippen LogP contribution in [0.3, 0.4) is 0 Å². The van der Waals surface area contributed by atoms with Crippen molar-refractivity contribution in [2.75, 3.05) is 13.2 Å². The van der Waals surface area contributed by atoms with E-state index in [0.29, 0.717) is 12.2 Å². The van der Waals surface area contributed by atoms with Crippen LogP contribution in [0.1, 0.15) is 64.7 Å². The van der Waals surface area contributed by atoms with Gasteiger partial charge in [0.25, 0.3) is 0 Å². The van der Waals surface area contributed by atoms with Gasteiger partial charge in [0.15, 0.2) is 17.9 Å². The molecule has 0 saturated carbocycles. The quantitative estimate of drug-likeness (QED) is 0.235. The fraction of sp³-hybridized carbons (Fsp3) is 0.419. The van der Waals surface area contributed by atoms with Gasteiger partial charge in [-0.05, 0) is 60.2 Å². The molecule has 0 N–H and O–H groups in total. The van der Waals surface area contributed by atoms with Crippen LogP contribution in [0.4, 0.5) is 8.78 Å². The lowest BCUT2D eigenvalue weighted by Gasteiger charge is -2.23. The Morgan fingerprint density at radius 1 is 0.750 bits per heavy atom. The summed E-state index contributed by atoms with van der Waals surface area (Å²) in [5, 5.41) is 0. The molecule has 1 fully saturated rings. The molecule has 0 aromatic heterocycles. The smallest absolute Gasteiger partial charge is 0.201 e. The Morgan fingerprint density at radius 2 is 1.42 bits per heavy atom. The normalized spacial score (nSPS) is 15.6. The average Bonchev–Trinajstić information content (AvgIpc) is 2.92. The van der Waals surface area contributed by atoms with E-state index in [1.165, 1.54) is 25.3 Å². The number of hydrogen-bond acceptors (Lipinski definition) is 3. The fourth-order valence-electron chi connectivity index (χ4n) is 4.45. The molecule has 1 unspecified atom stereocenters. The summed E-state index contributed by atoms with van der Waals surface area (Å²) in [6.45, 7) is 3.32. The molecule has 1 aliphatic rings. The zero-order valence-corrected chi connectivity index (χ0v) is 21.1. The molecule has 5 heteroatoms. The maximum absolute atomic E-state index is 14.8. The third-order valence-corrected chi connectivity index (χ3v) is 6.59. The zero-order chi connectivity index (χ0) is 25.2. The Labute approximate surface area is 213 Å². The molecular weight excluding hydrogens is 458 g/mol. The Morgan fingerprint density at radius 3 is 2.11 bits per heavy atom. The van der Waals surface area contributed by atoms with Gasteiger partial charge in [-0.2, -0.15) is 4.39 Å². The molecule has 0 bridgehead atoms. The van der Waals surface area contributed by atoms with Crippen LogP contribution in [0.15, 0.2) is 60.7 Å². The second kappa shape index (κ2) is 13.4. The zero-order valence-electron chi connectivity index (χ0n) is 21.1. The Kier molecular flexibility index (Phi) is 9.74. The molecule has 3 aromatic rings. The van der Waals surface area contributed by atoms with Gasteiger partial charge in [0, 0.05) is 12.0 Å². The van der Waals surface area contributed by atoms with E-state index in [4.69, 9.17) is 14.2 Å². The third-order valence-electron chi connectivity index (χ3n) is 6.59. The number of rotatable bonds is 12. The highest BCUT2D eigenvalue weighted by atomic mass is 19.2. The van der Waals surface area contributed by atoms with Crippen molar-refractivity contribution in [1.29, 1.82) is 0 Å². The van der Waals surface area contributed by atoms with Crippen LogP contribution >= 0.6 is 0 Å². The summed E-state index contributed by atoms with van der Waals surface area (Å²) in [4.78, 5) is 0. The van der Waals surface area contributed by atoms with Crippen molar-refractivity contribution >= 4 is 0 Å². The van der Waals surface area contributed by atoms with Gasteiger partial charge in [0.1, 0.15) is 5.75 Å². The third kappa shape index (κ3) is 7.07. The molecule has 0 spiro atoms. The van der Waals surface area contributed by atoms with Crippen LogP contribution in [0, 0.1) is 11.6 Å². The maximum atomic E-state index is 14.8. The van der Waals surface area contributed by atoms with Gasteiger partial charge >= 0.3 is 0 Å². The van der Waals surface area contributed by atoms with E-state index in [0.717, 1.165) is 62.0 Å². The molecule has 3 aromatic carbocycles. The molecular formula is C31H36F2O3. The number of hydrogen-bond donors (Lipinski definition) is 0. The topological polar surface area (TPSA) is 27.7 Å². The van der Waals surface area contributed by atoms with Crippen LogP contribution in [0.5, 0.6) is 11.5 Å². The van der Waals surface area contributed by atoms with Gasteiger partial charge in [-0.1, -0.05) is 75.4 Å². The van der Waals surface area contributed by atoms with E-state index in [9.17, 15) is 8.78 Å². The van der Waals surface area contributed by atoms with Gasteiger partial charge in [0.05, 0.1) is 13.2 Å². The standard InChI is InChI=1S/C31H36F2O3/c1-2-3-4-5-6-8-21-34-28-20-19-27(30(32)31(28)33)25-13-11-23(12-14-25)24-15-17-26(18-16-24)36-29-10-7-9-22-35-29/h11-20,29H,2-10,21-22H2,1H3. The van der Waals surface area contributed by atoms with Crippen LogP contribution in [0.2, 0.25) is 0 Å². The summed E-state index contributed by atoms with van der Waals surface area (Å²) < 4.78 is 46.5. The predicted octanol–water partition coefficient (Wildman–Crippen LogP) is 8.94. The summed E-state index contributed by atoms with van der Waals surface area (Å²) in [6.07, 6.45) is 9.62. The van der Waals surface area contributed by atoms with E-state index in [1.807, 2.05) is 48.5 Å². The first-order valence-corrected chi connectivity index (χ1v) is 13.3. The Bertz CT molecular complexity index is 1070. The van der Waals surface area contributed by atoms with Crippen molar-refractivity contribution < 1.29 is 23.0 Å². The van der Waals surface area contributed by atoms with Crippen LogP contribution < -0.4 is 9.47 Å². The number of unbranched alkanes of at least 4 members (excludes halogenated alkanes) is 5. The van der Waals surface area contributed by atoms with E-state index >= 15 is 0 Å². The minimum absolute atomic E-state index is 0.0256. The molecule has 0 amide bonds. The highest BCUT2D eigenvalue weighted by Crippen LogP contribution is 2.32. The predicted molar refractivity (Wildman–Crippen MR) is 140 cm³/mol. The fourth-order valence-corrected chi connectivity index (χ4v) is 4.45. The summed E-state index contributed by atoms with van der Waals surface area (Å²) in [6, 6.07) is 18.4. The van der Waals surface area contributed by atoms with Crippen molar-refractivity contribution in [2.24, 2.45) is 0 Å². The molecule has 0 radical (unpaired) electrons. The van der Waals surface area contributed by atoms with Crippen molar-refractivity contribution in [3.05, 3.63) is 72.3 Å². The number of benzene rings is 3. The molecule has 36 heavy (non-hydrogen) atoms. The van der Waals surface area contributed by atoms with Crippen LogP contribution in [0.25, 0.3) is 22.3 Å². The van der Waals surface area contributed by atoms with E-state index in [1.54, 1.807) is 6.07 Å². The molecule has 1 heterocycles. The highest BCUT2D eigenvalue weighted by molar-refractivity contribution is 5.71. The molecule has 1 aliphatic heterocycles. The van der Waals surface area contributed by atoms with Crippen molar-refractivity contribution in [1.82, 2.24) is 0 Å². The maximum Gasteiger partial charge on any atom is 0.201 e. The van der Waals surface area contributed by atoms with Crippen LogP contribution in [-0.4, -0.2) is 19.5 Å². The average molecular weight is 495 g/mol. The molecule has 4 rings (SSSR count). The van der Waals surface area contributed by atoms with Gasteiger partial charge in [0.2, 0.25) is 5.82 Å². The molecule has 192 valence electrons. The van der Waals surface area contributed by atoms with Gasteiger partial charge in [-0.25, -0.2) is 4.39 Å². The first-order valence-electron chi connectivity index (χ1n) is 13.3. The number of halogens is 2. The lowest BCUT2D eigenvalue weighted by Crippen LogP contribution is -2.24. The van der Waals surface area contributed by atoms with Crippen molar-refractivity contribution in [2.45, 2.75) is 71.0 Å². The molecule has 0 aliphatic carbocycles. The lowest BCUT2D eigenvalue weighted by atomic mass is 9.99. The summed E-state index contributed by atoms with van der Waals surface area (Å²) in [5.41, 5.74) is 2.84. The van der Waals surface area contributed by atoms with E-state index in [2.05, 4.69) is 6.92 Å². The van der Waals surface area contributed by atoms with Gasteiger partial charge in [-0.15, -0.1) is 0 Å². The SMILES string of the molecule is CCCCCCCCOc1ccc(-c2ccc(-c3ccc(OC4CCCCO4)cc3)cc2)c(F)c1F. The first-order chi connectivity index (χ1) is 17.7. The largest absolute Gasteiger partial charge is 0.490 e. The molecule has 1 atom stereocenters. The van der Waals surface area contributed by atoms with Crippen molar-refractivity contribution in [3.63, 3.8) is 0 Å². The van der Waals surface area contributed by atoms with E-state index < -0.39 is 11.6 Å². The highest BCUT2D eigenvalue weighted by Gasteiger charge is 2.17. The number of ether oxygens (including phenoxy) is 3. The van der Waals surface area contributed by atoms with Gasteiger partial charge in [-0.3, -0.25) is 0 Å². The van der Waals surface area contributed by atoms with Gasteiger partial charge < -0.3 is 14.2 Å². The second-order valence-corrected chi connectivity index (χ2v) is 9.37. The summed E-state index contributed by atoms with van der Waals surface area (Å²) >= 11 is 0. The molecule has 3 nitrogen and oxygen atoms in total. The minimum Gasteiger partial charge on any atom is -0.490 e. The Hall–Kier alpha value is -2.92. The monoisotopic (exact) mass is 494 g/mol. The Balaban J connectivity index is 1.35. The summed E-state index contributed by atoms with van der Waals surface area (Å²) in [7, 11) is 0. The minimum atomic E-state index is -0.930.